The molecule has 0 amide bonds. The number of nitrogen functional groups attached to an aromatic ring is 1. The van der Waals surface area contributed by atoms with Gasteiger partial charge in [-0.25, -0.2) is 9.18 Å². The fourth-order valence-corrected chi connectivity index (χ4v) is 1.61. The Morgan fingerprint density at radius 2 is 1.82 bits per heavy atom. The van der Waals surface area contributed by atoms with Crippen LogP contribution in [-0.2, 0) is 0 Å². The third-order valence-corrected chi connectivity index (χ3v) is 2.45. The molecule has 0 fully saturated rings. The van der Waals surface area contributed by atoms with E-state index in [0.29, 0.717) is 11.1 Å². The van der Waals surface area contributed by atoms with Crippen LogP contribution in [0.3, 0.4) is 0 Å². The van der Waals surface area contributed by atoms with Crippen LogP contribution in [0, 0.1) is 5.82 Å². The molecular weight excluding hydrogens is 221 g/mol. The minimum absolute atomic E-state index is 0.0535. The predicted octanol–water partition coefficient (Wildman–Crippen LogP) is 2.77. The lowest BCUT2D eigenvalue weighted by Gasteiger charge is -2.07. The first-order chi connectivity index (χ1) is 8.09. The molecule has 4 heteroatoms. The largest absolute Gasteiger partial charge is 0.478 e. The van der Waals surface area contributed by atoms with Crippen LogP contribution >= 0.6 is 0 Å². The number of hydrogen-bond acceptors (Lipinski definition) is 2. The van der Waals surface area contributed by atoms with Crippen LogP contribution < -0.4 is 5.73 Å². The van der Waals surface area contributed by atoms with E-state index < -0.39 is 11.8 Å². The van der Waals surface area contributed by atoms with Gasteiger partial charge in [-0.1, -0.05) is 30.3 Å². The monoisotopic (exact) mass is 231 g/mol. The molecule has 17 heavy (non-hydrogen) atoms. The number of benzene rings is 2. The topological polar surface area (TPSA) is 63.3 Å². The first-order valence-corrected chi connectivity index (χ1v) is 4.97. The Hall–Kier alpha value is -2.36. The van der Waals surface area contributed by atoms with Gasteiger partial charge in [0.05, 0.1) is 5.56 Å². The number of carbonyl (C=O) groups is 1. The second-order valence-electron chi connectivity index (χ2n) is 3.59. The van der Waals surface area contributed by atoms with Gasteiger partial charge in [0.15, 0.2) is 0 Å². The second-order valence-corrected chi connectivity index (χ2v) is 3.59. The molecule has 2 rings (SSSR count). The fourth-order valence-electron chi connectivity index (χ4n) is 1.61. The molecule has 0 aliphatic carbocycles. The Morgan fingerprint density at radius 1 is 1.18 bits per heavy atom. The SMILES string of the molecule is Nc1cc(-c2ccccc2)c(F)cc1C(=O)O. The van der Waals surface area contributed by atoms with E-state index in [0.717, 1.165) is 6.07 Å². The molecule has 0 spiro atoms. The molecule has 0 atom stereocenters. The number of hydrogen-bond donors (Lipinski definition) is 2. The maximum absolute atomic E-state index is 13.8. The van der Waals surface area contributed by atoms with Gasteiger partial charge in [-0.2, -0.15) is 0 Å². The van der Waals surface area contributed by atoms with Gasteiger partial charge >= 0.3 is 5.97 Å². The van der Waals surface area contributed by atoms with Crippen molar-refractivity contribution in [3.05, 3.63) is 53.8 Å². The summed E-state index contributed by atoms with van der Waals surface area (Å²) in [5, 5.41) is 8.80. The summed E-state index contributed by atoms with van der Waals surface area (Å²) in [5.74, 6) is -1.83. The zero-order valence-electron chi connectivity index (χ0n) is 8.85. The van der Waals surface area contributed by atoms with Gasteiger partial charge in [0.2, 0.25) is 0 Å². The first kappa shape index (κ1) is 11.1. The maximum atomic E-state index is 13.8. The van der Waals surface area contributed by atoms with E-state index in [2.05, 4.69) is 0 Å². The van der Waals surface area contributed by atoms with Gasteiger partial charge in [-0.05, 0) is 17.7 Å². The number of rotatable bonds is 2. The average Bonchev–Trinajstić information content (AvgIpc) is 2.32. The van der Waals surface area contributed by atoms with Crippen molar-refractivity contribution in [2.24, 2.45) is 0 Å². The molecule has 0 saturated carbocycles. The normalized spacial score (nSPS) is 10.2. The number of aromatic carboxylic acids is 1. The molecule has 0 bridgehead atoms. The minimum atomic E-state index is -1.24. The highest BCUT2D eigenvalue weighted by molar-refractivity contribution is 5.94. The summed E-state index contributed by atoms with van der Waals surface area (Å²) in [7, 11) is 0. The van der Waals surface area contributed by atoms with Gasteiger partial charge in [0, 0.05) is 11.3 Å². The van der Waals surface area contributed by atoms with Gasteiger partial charge < -0.3 is 10.8 Å². The fraction of sp³-hybridized carbons (Fsp3) is 0. The van der Waals surface area contributed by atoms with Crippen LogP contribution in [0.2, 0.25) is 0 Å². The van der Waals surface area contributed by atoms with Crippen LogP contribution in [0.1, 0.15) is 10.4 Å². The molecule has 0 unspecified atom stereocenters. The molecule has 0 heterocycles. The Morgan fingerprint density at radius 3 is 2.41 bits per heavy atom. The first-order valence-electron chi connectivity index (χ1n) is 4.97. The molecule has 0 saturated heterocycles. The quantitative estimate of drug-likeness (QED) is 0.781. The summed E-state index contributed by atoms with van der Waals surface area (Å²) in [6, 6.07) is 11.1. The van der Waals surface area contributed by atoms with Gasteiger partial charge in [0.1, 0.15) is 5.82 Å². The third-order valence-electron chi connectivity index (χ3n) is 2.45. The van der Waals surface area contributed by atoms with E-state index in [1.807, 2.05) is 6.07 Å². The molecule has 86 valence electrons. The highest BCUT2D eigenvalue weighted by Crippen LogP contribution is 2.27. The van der Waals surface area contributed by atoms with Gasteiger partial charge in [-0.3, -0.25) is 0 Å². The smallest absolute Gasteiger partial charge is 0.337 e. The van der Waals surface area contributed by atoms with Crippen molar-refractivity contribution >= 4 is 11.7 Å². The summed E-state index contributed by atoms with van der Waals surface area (Å²) in [4.78, 5) is 10.8. The van der Waals surface area contributed by atoms with Crippen molar-refractivity contribution in [3.8, 4) is 11.1 Å². The Balaban J connectivity index is 2.58. The number of anilines is 1. The lowest BCUT2D eigenvalue weighted by molar-refractivity contribution is 0.0697. The van der Waals surface area contributed by atoms with Crippen LogP contribution in [0.5, 0.6) is 0 Å². The lowest BCUT2D eigenvalue weighted by Crippen LogP contribution is -2.04. The molecule has 0 aliphatic heterocycles. The Kier molecular flexibility index (Phi) is 2.78. The highest BCUT2D eigenvalue weighted by Gasteiger charge is 2.13. The van der Waals surface area contributed by atoms with Crippen molar-refractivity contribution in [1.29, 1.82) is 0 Å². The zero-order chi connectivity index (χ0) is 12.4. The van der Waals surface area contributed by atoms with Crippen molar-refractivity contribution in [2.45, 2.75) is 0 Å². The van der Waals surface area contributed by atoms with Crippen molar-refractivity contribution in [1.82, 2.24) is 0 Å². The Bertz CT molecular complexity index is 567. The van der Waals surface area contributed by atoms with E-state index in [-0.39, 0.29) is 11.3 Å². The summed E-state index contributed by atoms with van der Waals surface area (Å²) in [6.07, 6.45) is 0. The lowest BCUT2D eigenvalue weighted by atomic mass is 10.0. The predicted molar refractivity (Wildman–Crippen MR) is 63.2 cm³/mol. The van der Waals surface area contributed by atoms with Crippen LogP contribution in [0.4, 0.5) is 10.1 Å². The number of carboxylic acid groups (broad SMARTS) is 1. The second kappa shape index (κ2) is 4.25. The van der Waals surface area contributed by atoms with Crippen LogP contribution in [0.15, 0.2) is 42.5 Å². The van der Waals surface area contributed by atoms with Crippen molar-refractivity contribution in [2.75, 3.05) is 5.73 Å². The standard InChI is InChI=1S/C13H10FNO2/c14-11-6-10(13(16)17)12(15)7-9(11)8-4-2-1-3-5-8/h1-7H,15H2,(H,16,17). The van der Waals surface area contributed by atoms with Crippen LogP contribution in [-0.4, -0.2) is 11.1 Å². The van der Waals surface area contributed by atoms with E-state index in [1.165, 1.54) is 6.07 Å². The molecule has 0 aromatic heterocycles. The van der Waals surface area contributed by atoms with E-state index in [4.69, 9.17) is 10.8 Å². The number of nitrogens with two attached hydrogens (primary N) is 1. The molecule has 0 radical (unpaired) electrons. The highest BCUT2D eigenvalue weighted by atomic mass is 19.1. The number of halogens is 1. The zero-order valence-corrected chi connectivity index (χ0v) is 8.85. The van der Waals surface area contributed by atoms with Crippen molar-refractivity contribution in [3.63, 3.8) is 0 Å². The molecular formula is C13H10FNO2. The summed E-state index contributed by atoms with van der Waals surface area (Å²) in [6.45, 7) is 0. The van der Waals surface area contributed by atoms with E-state index in [1.54, 1.807) is 24.3 Å². The summed E-state index contributed by atoms with van der Waals surface area (Å²) >= 11 is 0. The Labute approximate surface area is 97.3 Å². The number of carboxylic acids is 1. The molecule has 0 aliphatic rings. The summed E-state index contributed by atoms with van der Waals surface area (Å²) in [5.41, 5.74) is 6.37. The minimum Gasteiger partial charge on any atom is -0.478 e. The molecule has 2 aromatic carbocycles. The van der Waals surface area contributed by atoms with Gasteiger partial charge in [0.25, 0.3) is 0 Å². The maximum Gasteiger partial charge on any atom is 0.337 e. The van der Waals surface area contributed by atoms with E-state index in [9.17, 15) is 9.18 Å². The average molecular weight is 231 g/mol. The summed E-state index contributed by atoms with van der Waals surface area (Å²) < 4.78 is 13.8. The van der Waals surface area contributed by atoms with E-state index >= 15 is 0 Å². The van der Waals surface area contributed by atoms with Crippen molar-refractivity contribution < 1.29 is 14.3 Å². The third kappa shape index (κ3) is 2.10. The molecule has 2 aromatic rings. The van der Waals surface area contributed by atoms with Gasteiger partial charge in [-0.15, -0.1) is 0 Å². The molecule has 3 nitrogen and oxygen atoms in total. The molecule has 3 N–H and O–H groups in total. The van der Waals surface area contributed by atoms with Crippen LogP contribution in [0.25, 0.3) is 11.1 Å².